The van der Waals surface area contributed by atoms with Crippen LogP contribution in [0.3, 0.4) is 0 Å². The molecular formula is C15H16BrN5O6S. The lowest BCUT2D eigenvalue weighted by molar-refractivity contribution is 0.168. The summed E-state index contributed by atoms with van der Waals surface area (Å²) in [5.74, 6) is 0. The zero-order chi connectivity index (χ0) is 20.7. The predicted octanol–water partition coefficient (Wildman–Crippen LogP) is 2.03. The molecule has 1 amide bonds. The van der Waals surface area contributed by atoms with Crippen LogP contribution in [0.5, 0.6) is 12.0 Å². The van der Waals surface area contributed by atoms with Crippen LogP contribution in [0, 0.1) is 0 Å². The third-order valence-electron chi connectivity index (χ3n) is 3.02. The van der Waals surface area contributed by atoms with Crippen molar-refractivity contribution in [1.29, 1.82) is 0 Å². The summed E-state index contributed by atoms with van der Waals surface area (Å²) in [7, 11) is -1.68. The van der Waals surface area contributed by atoms with Gasteiger partial charge in [0.15, 0.2) is 0 Å². The minimum Gasteiger partial charge on any atom is -0.467 e. The second-order valence-corrected chi connectivity index (χ2v) is 7.27. The van der Waals surface area contributed by atoms with Crippen molar-refractivity contribution in [3.8, 4) is 12.0 Å². The maximum atomic E-state index is 12.4. The molecule has 0 saturated carbocycles. The summed E-state index contributed by atoms with van der Waals surface area (Å²) < 4.78 is 43.2. The molecule has 0 aliphatic rings. The first-order valence-electron chi connectivity index (χ1n) is 7.66. The highest BCUT2D eigenvalue weighted by molar-refractivity contribution is 9.10. The van der Waals surface area contributed by atoms with Crippen molar-refractivity contribution < 1.29 is 27.4 Å². The fourth-order valence-corrected chi connectivity index (χ4v) is 3.02. The van der Waals surface area contributed by atoms with Crippen molar-refractivity contribution >= 4 is 43.9 Å². The van der Waals surface area contributed by atoms with Gasteiger partial charge in [-0.15, -0.1) is 4.98 Å². The van der Waals surface area contributed by atoms with Gasteiger partial charge in [0.25, 0.3) is 5.16 Å². The zero-order valence-electron chi connectivity index (χ0n) is 15.0. The van der Waals surface area contributed by atoms with Gasteiger partial charge >= 0.3 is 28.1 Å². The van der Waals surface area contributed by atoms with Gasteiger partial charge in [-0.05, 0) is 40.5 Å². The maximum Gasteiger partial charge on any atom is 0.411 e. The van der Waals surface area contributed by atoms with Gasteiger partial charge < -0.3 is 14.2 Å². The summed E-state index contributed by atoms with van der Waals surface area (Å²) in [6, 6.07) is 4.23. The van der Waals surface area contributed by atoms with E-state index in [1.165, 1.54) is 14.2 Å². The Labute approximate surface area is 169 Å². The van der Waals surface area contributed by atoms with E-state index >= 15 is 0 Å². The van der Waals surface area contributed by atoms with E-state index in [9.17, 15) is 13.2 Å². The van der Waals surface area contributed by atoms with Gasteiger partial charge in [-0.25, -0.2) is 4.79 Å². The molecule has 13 heteroatoms. The number of aromatic nitrogens is 3. The lowest BCUT2D eigenvalue weighted by Gasteiger charge is -2.07. The van der Waals surface area contributed by atoms with E-state index in [1.54, 1.807) is 25.1 Å². The molecule has 0 aliphatic heterocycles. The van der Waals surface area contributed by atoms with Crippen molar-refractivity contribution in [3.05, 3.63) is 28.2 Å². The van der Waals surface area contributed by atoms with E-state index in [0.29, 0.717) is 15.7 Å². The molecule has 1 N–H and O–H groups in total. The van der Waals surface area contributed by atoms with Crippen LogP contribution < -0.4 is 14.8 Å². The molecule has 1 aromatic heterocycles. The van der Waals surface area contributed by atoms with Gasteiger partial charge in [-0.2, -0.15) is 22.8 Å². The third kappa shape index (κ3) is 5.60. The average molecular weight is 474 g/mol. The van der Waals surface area contributed by atoms with Gasteiger partial charge in [0.05, 0.1) is 26.5 Å². The highest BCUT2D eigenvalue weighted by atomic mass is 79.9. The molecule has 2 rings (SSSR count). The van der Waals surface area contributed by atoms with Crippen LogP contribution in [0.2, 0.25) is 0 Å². The van der Waals surface area contributed by atoms with Crippen LogP contribution in [0.4, 0.5) is 10.5 Å². The molecule has 0 spiro atoms. The molecule has 150 valence electrons. The predicted molar refractivity (Wildman–Crippen MR) is 102 cm³/mol. The topological polar surface area (TPSA) is 142 Å². The summed E-state index contributed by atoms with van der Waals surface area (Å²) in [5.41, 5.74) is 0.892. The standard InChI is InChI=1S/C15H16BrN5O6S/c1-4-27-15(22)18-11-6-5-9(7-10(11)16)8-17-28(23,24)14-20-12(25-2)19-13(21-14)26-3/h5-8H,4H2,1-3H3,(H,18,22). The Bertz CT molecular complexity index is 976. The molecule has 1 heterocycles. The SMILES string of the molecule is CCOC(=O)Nc1ccc(C=NS(=O)(=O)c2nc(OC)nc(OC)n2)cc1Br. The largest absolute Gasteiger partial charge is 0.467 e. The first kappa shape index (κ1) is 21.5. The van der Waals surface area contributed by atoms with Gasteiger partial charge in [0, 0.05) is 10.7 Å². The first-order valence-corrected chi connectivity index (χ1v) is 9.90. The molecule has 28 heavy (non-hydrogen) atoms. The number of rotatable bonds is 7. The molecule has 0 radical (unpaired) electrons. The number of anilines is 1. The van der Waals surface area contributed by atoms with Crippen LogP contribution in [-0.2, 0) is 14.8 Å². The van der Waals surface area contributed by atoms with Crippen molar-refractivity contribution in [2.45, 2.75) is 12.1 Å². The molecule has 0 fully saturated rings. The molecule has 0 aliphatic carbocycles. The minimum absolute atomic E-state index is 0.224. The summed E-state index contributed by atoms with van der Waals surface area (Å²) in [6.07, 6.45) is 0.502. The first-order chi connectivity index (χ1) is 13.3. The molecular weight excluding hydrogens is 458 g/mol. The summed E-state index contributed by atoms with van der Waals surface area (Å²) >= 11 is 3.28. The number of methoxy groups -OCH3 is 2. The number of benzene rings is 1. The van der Waals surface area contributed by atoms with Gasteiger partial charge in [0.2, 0.25) is 0 Å². The van der Waals surface area contributed by atoms with E-state index < -0.39 is 21.3 Å². The van der Waals surface area contributed by atoms with E-state index in [-0.39, 0.29) is 18.6 Å². The number of nitrogens with one attached hydrogen (secondary N) is 1. The van der Waals surface area contributed by atoms with Crippen LogP contribution in [0.25, 0.3) is 0 Å². The second kappa shape index (κ2) is 9.41. The number of hydrogen-bond donors (Lipinski definition) is 1. The van der Waals surface area contributed by atoms with E-state index in [4.69, 9.17) is 14.2 Å². The lowest BCUT2D eigenvalue weighted by Crippen LogP contribution is -2.13. The molecule has 1 aromatic carbocycles. The van der Waals surface area contributed by atoms with Crippen molar-refractivity contribution in [3.63, 3.8) is 0 Å². The van der Waals surface area contributed by atoms with Crippen LogP contribution in [-0.4, -0.2) is 56.5 Å². The monoisotopic (exact) mass is 473 g/mol. The fraction of sp³-hybridized carbons (Fsp3) is 0.267. The quantitative estimate of drug-likeness (QED) is 0.597. The Kier molecular flexibility index (Phi) is 7.23. The smallest absolute Gasteiger partial charge is 0.411 e. The number of carbonyl (C=O) groups is 1. The maximum absolute atomic E-state index is 12.4. The Morgan fingerprint density at radius 3 is 2.39 bits per heavy atom. The molecule has 0 atom stereocenters. The molecule has 11 nitrogen and oxygen atoms in total. The van der Waals surface area contributed by atoms with Gasteiger partial charge in [0.1, 0.15) is 0 Å². The minimum atomic E-state index is -4.23. The number of carbonyl (C=O) groups excluding carboxylic acids is 1. The summed E-state index contributed by atoms with van der Waals surface area (Å²) in [6.45, 7) is 1.92. The molecule has 0 bridgehead atoms. The van der Waals surface area contributed by atoms with Gasteiger partial charge in [-0.1, -0.05) is 6.07 Å². The van der Waals surface area contributed by atoms with Crippen LogP contribution in [0.1, 0.15) is 12.5 Å². The average Bonchev–Trinajstić information content (AvgIpc) is 2.68. The Morgan fingerprint density at radius 1 is 1.21 bits per heavy atom. The fourth-order valence-electron chi connectivity index (χ4n) is 1.79. The van der Waals surface area contributed by atoms with Crippen molar-refractivity contribution in [2.24, 2.45) is 4.40 Å². The Balaban J connectivity index is 2.25. The number of ether oxygens (including phenoxy) is 3. The summed E-state index contributed by atoms with van der Waals surface area (Å²) in [5, 5.41) is 1.92. The Morgan fingerprint density at radius 2 is 1.86 bits per heavy atom. The zero-order valence-corrected chi connectivity index (χ0v) is 17.4. The lowest BCUT2D eigenvalue weighted by atomic mass is 10.2. The Hall–Kier alpha value is -2.80. The number of amides is 1. The van der Waals surface area contributed by atoms with Crippen molar-refractivity contribution in [1.82, 2.24) is 15.0 Å². The highest BCUT2D eigenvalue weighted by Crippen LogP contribution is 2.23. The summed E-state index contributed by atoms with van der Waals surface area (Å²) in [4.78, 5) is 22.5. The number of halogens is 1. The van der Waals surface area contributed by atoms with E-state index in [0.717, 1.165) is 6.21 Å². The third-order valence-corrected chi connectivity index (χ3v) is 4.70. The molecule has 0 saturated heterocycles. The molecule has 0 unspecified atom stereocenters. The van der Waals surface area contributed by atoms with E-state index in [1.807, 2.05) is 0 Å². The van der Waals surface area contributed by atoms with E-state index in [2.05, 4.69) is 40.6 Å². The normalized spacial score (nSPS) is 11.3. The second-order valence-electron chi connectivity index (χ2n) is 4.89. The van der Waals surface area contributed by atoms with Crippen LogP contribution >= 0.6 is 15.9 Å². The number of hydrogen-bond acceptors (Lipinski definition) is 9. The number of nitrogens with zero attached hydrogens (tertiary/aromatic N) is 4. The van der Waals surface area contributed by atoms with Gasteiger partial charge in [-0.3, -0.25) is 5.32 Å². The molecule has 2 aromatic rings. The van der Waals surface area contributed by atoms with Crippen LogP contribution in [0.15, 0.2) is 32.2 Å². The van der Waals surface area contributed by atoms with Crippen molar-refractivity contribution in [2.75, 3.05) is 26.1 Å². The highest BCUT2D eigenvalue weighted by Gasteiger charge is 2.20. The number of sulfonamides is 1.